The highest BCUT2D eigenvalue weighted by Crippen LogP contribution is 2.36. The molecule has 1 heterocycles. The van der Waals surface area contributed by atoms with Crippen LogP contribution in [0.2, 0.25) is 0 Å². The second-order valence-corrected chi connectivity index (χ2v) is 4.80. The standard InChI is InChI=1S/C14H19N3O4.CH3I/c1-15-13(18)20-11-5-4-9-8-17(3)7-6-10(9)12(11)21-14(19)16-2;1-2/h4-5H,6-8H2,1-3H3,(H,15,18)(H,16,19);1H3. The predicted octanol–water partition coefficient (Wildman–Crippen LogP) is 2.16. The minimum Gasteiger partial charge on any atom is -0.406 e. The van der Waals surface area contributed by atoms with Crippen molar-refractivity contribution in [3.05, 3.63) is 23.3 Å². The van der Waals surface area contributed by atoms with Gasteiger partial charge in [-0.2, -0.15) is 0 Å². The van der Waals surface area contributed by atoms with E-state index in [0.29, 0.717) is 5.75 Å². The first-order valence-corrected chi connectivity index (χ1v) is 9.21. The molecule has 0 saturated carbocycles. The third-order valence-corrected chi connectivity index (χ3v) is 3.31. The average Bonchev–Trinajstić information content (AvgIpc) is 2.58. The topological polar surface area (TPSA) is 79.9 Å². The summed E-state index contributed by atoms with van der Waals surface area (Å²) in [5.41, 5.74) is 1.96. The van der Waals surface area contributed by atoms with E-state index in [4.69, 9.17) is 9.47 Å². The Morgan fingerprint density at radius 3 is 2.35 bits per heavy atom. The van der Waals surface area contributed by atoms with Crippen molar-refractivity contribution in [2.24, 2.45) is 0 Å². The second kappa shape index (κ2) is 9.56. The van der Waals surface area contributed by atoms with Crippen LogP contribution in [-0.4, -0.2) is 49.7 Å². The Balaban J connectivity index is 0.00000127. The van der Waals surface area contributed by atoms with Gasteiger partial charge in [-0.15, -0.1) is 0 Å². The summed E-state index contributed by atoms with van der Waals surface area (Å²) in [6.45, 7) is 1.61. The van der Waals surface area contributed by atoms with E-state index in [2.05, 4.69) is 38.1 Å². The van der Waals surface area contributed by atoms with Crippen LogP contribution in [0.3, 0.4) is 0 Å². The number of carbonyl (C=O) groups is 2. The Bertz CT molecular complexity index is 566. The van der Waals surface area contributed by atoms with Crippen molar-refractivity contribution in [1.82, 2.24) is 15.5 Å². The molecule has 8 heteroatoms. The normalized spacial score (nSPS) is 13.1. The number of likely N-dealkylation sites (N-methyl/N-ethyl adjacent to an activating group) is 1. The number of hydrogen-bond acceptors (Lipinski definition) is 5. The molecule has 0 fully saturated rings. The molecule has 128 valence electrons. The van der Waals surface area contributed by atoms with Crippen LogP contribution in [-0.2, 0) is 13.0 Å². The molecule has 0 saturated heterocycles. The molecule has 7 nitrogen and oxygen atoms in total. The monoisotopic (exact) mass is 435 g/mol. The predicted molar refractivity (Wildman–Crippen MR) is 96.6 cm³/mol. The number of nitrogens with one attached hydrogen (secondary N) is 2. The van der Waals surface area contributed by atoms with Crippen molar-refractivity contribution in [2.75, 3.05) is 32.6 Å². The maximum atomic E-state index is 11.5. The fourth-order valence-corrected chi connectivity index (χ4v) is 2.23. The summed E-state index contributed by atoms with van der Waals surface area (Å²) in [6, 6.07) is 3.53. The van der Waals surface area contributed by atoms with Crippen LogP contribution in [0.4, 0.5) is 9.59 Å². The van der Waals surface area contributed by atoms with Crippen molar-refractivity contribution < 1.29 is 19.1 Å². The number of hydrogen-bond donors (Lipinski definition) is 2. The van der Waals surface area contributed by atoms with Crippen LogP contribution in [0, 0.1) is 0 Å². The van der Waals surface area contributed by atoms with E-state index < -0.39 is 12.2 Å². The molecule has 1 aliphatic heterocycles. The van der Waals surface area contributed by atoms with E-state index in [9.17, 15) is 9.59 Å². The van der Waals surface area contributed by atoms with Gasteiger partial charge in [0.1, 0.15) is 0 Å². The first kappa shape index (κ1) is 19.5. The van der Waals surface area contributed by atoms with Gasteiger partial charge < -0.3 is 25.0 Å². The van der Waals surface area contributed by atoms with Crippen LogP contribution in [0.15, 0.2) is 12.1 Å². The summed E-state index contributed by atoms with van der Waals surface area (Å²) >= 11 is 2.15. The summed E-state index contributed by atoms with van der Waals surface area (Å²) in [6.07, 6.45) is -0.475. The molecule has 2 rings (SSSR count). The number of amides is 2. The molecule has 2 N–H and O–H groups in total. The third-order valence-electron chi connectivity index (χ3n) is 3.31. The SMILES string of the molecule is CI.CNC(=O)Oc1ccc2c(c1OC(=O)NC)CCN(C)C2. The molecule has 23 heavy (non-hydrogen) atoms. The Hall–Kier alpha value is -1.55. The van der Waals surface area contributed by atoms with Crippen LogP contribution in [0.5, 0.6) is 11.5 Å². The summed E-state index contributed by atoms with van der Waals surface area (Å²) in [7, 11) is 4.97. The molecule has 1 aromatic carbocycles. The van der Waals surface area contributed by atoms with Gasteiger partial charge in [-0.3, -0.25) is 0 Å². The molecule has 2 amide bonds. The quantitative estimate of drug-likeness (QED) is 0.550. The lowest BCUT2D eigenvalue weighted by Gasteiger charge is -2.27. The zero-order valence-electron chi connectivity index (χ0n) is 13.7. The molecule has 1 aliphatic rings. The lowest BCUT2D eigenvalue weighted by Crippen LogP contribution is -2.29. The van der Waals surface area contributed by atoms with Crippen LogP contribution < -0.4 is 20.1 Å². The van der Waals surface area contributed by atoms with Crippen LogP contribution in [0.25, 0.3) is 0 Å². The maximum Gasteiger partial charge on any atom is 0.412 e. The summed E-state index contributed by atoms with van der Waals surface area (Å²) in [5, 5.41) is 4.77. The van der Waals surface area contributed by atoms with E-state index in [-0.39, 0.29) is 5.75 Å². The fraction of sp³-hybridized carbons (Fsp3) is 0.467. The number of alkyl halides is 1. The minimum absolute atomic E-state index is 0.237. The number of fused-ring (bicyclic) bond motifs is 1. The van der Waals surface area contributed by atoms with E-state index >= 15 is 0 Å². The summed E-state index contributed by atoms with van der Waals surface area (Å²) in [4.78, 5) is 27.1. The molecule has 1 aromatic rings. The molecule has 0 radical (unpaired) electrons. The lowest BCUT2D eigenvalue weighted by molar-refractivity contribution is 0.191. The van der Waals surface area contributed by atoms with Crippen molar-refractivity contribution in [2.45, 2.75) is 13.0 Å². The van der Waals surface area contributed by atoms with E-state index in [1.807, 2.05) is 18.0 Å². The number of carbonyl (C=O) groups excluding carboxylic acids is 2. The second-order valence-electron chi connectivity index (χ2n) is 4.80. The van der Waals surface area contributed by atoms with Gasteiger partial charge in [-0.25, -0.2) is 9.59 Å². The maximum absolute atomic E-state index is 11.5. The molecular weight excluding hydrogens is 413 g/mol. The van der Waals surface area contributed by atoms with Gasteiger partial charge in [0.25, 0.3) is 0 Å². The average molecular weight is 435 g/mol. The highest BCUT2D eigenvalue weighted by atomic mass is 127. The first-order chi connectivity index (χ1) is 11.0. The highest BCUT2D eigenvalue weighted by Gasteiger charge is 2.23. The third kappa shape index (κ3) is 5.24. The number of nitrogens with zero attached hydrogens (tertiary/aromatic N) is 1. The Labute approximate surface area is 149 Å². The number of ether oxygens (including phenoxy) is 2. The Morgan fingerprint density at radius 1 is 1.13 bits per heavy atom. The van der Waals surface area contributed by atoms with Gasteiger partial charge in [0.05, 0.1) is 0 Å². The van der Waals surface area contributed by atoms with Crippen molar-refractivity contribution in [1.29, 1.82) is 0 Å². The molecular formula is C15H22IN3O4. The summed E-state index contributed by atoms with van der Waals surface area (Å²) < 4.78 is 10.5. The van der Waals surface area contributed by atoms with E-state index in [0.717, 1.165) is 30.6 Å². The molecule has 0 aromatic heterocycles. The van der Waals surface area contributed by atoms with Crippen LogP contribution in [0.1, 0.15) is 11.1 Å². The molecule has 0 aliphatic carbocycles. The van der Waals surface area contributed by atoms with Gasteiger partial charge in [-0.05, 0) is 30.0 Å². The van der Waals surface area contributed by atoms with Gasteiger partial charge in [-0.1, -0.05) is 28.7 Å². The number of halogens is 1. The van der Waals surface area contributed by atoms with Crippen molar-refractivity contribution in [3.63, 3.8) is 0 Å². The molecule has 0 unspecified atom stereocenters. The molecule has 0 atom stereocenters. The first-order valence-electron chi connectivity index (χ1n) is 7.05. The zero-order chi connectivity index (χ0) is 17.4. The number of rotatable bonds is 2. The Kier molecular flexibility index (Phi) is 8.10. The largest absolute Gasteiger partial charge is 0.412 e. The highest BCUT2D eigenvalue weighted by molar-refractivity contribution is 14.1. The molecule has 0 spiro atoms. The minimum atomic E-state index is -0.607. The smallest absolute Gasteiger partial charge is 0.406 e. The molecule has 0 bridgehead atoms. The lowest BCUT2D eigenvalue weighted by atomic mass is 9.98. The van der Waals surface area contributed by atoms with Gasteiger partial charge in [0.15, 0.2) is 11.5 Å². The van der Waals surface area contributed by atoms with Gasteiger partial charge in [0, 0.05) is 32.7 Å². The zero-order valence-corrected chi connectivity index (χ0v) is 15.9. The van der Waals surface area contributed by atoms with Crippen molar-refractivity contribution >= 4 is 34.8 Å². The van der Waals surface area contributed by atoms with E-state index in [1.54, 1.807) is 6.07 Å². The van der Waals surface area contributed by atoms with Crippen LogP contribution >= 0.6 is 22.6 Å². The van der Waals surface area contributed by atoms with Gasteiger partial charge in [0.2, 0.25) is 0 Å². The fourth-order valence-electron chi connectivity index (χ4n) is 2.23. The Morgan fingerprint density at radius 2 is 1.74 bits per heavy atom. The summed E-state index contributed by atoms with van der Waals surface area (Å²) in [5.74, 6) is 0.546. The van der Waals surface area contributed by atoms with E-state index in [1.165, 1.54) is 14.1 Å². The van der Waals surface area contributed by atoms with Crippen molar-refractivity contribution in [3.8, 4) is 11.5 Å². The number of benzene rings is 1. The van der Waals surface area contributed by atoms with Gasteiger partial charge >= 0.3 is 12.2 Å².